The van der Waals surface area contributed by atoms with Crippen molar-refractivity contribution < 1.29 is 14.5 Å². The van der Waals surface area contributed by atoms with E-state index in [9.17, 15) is 9.59 Å². The van der Waals surface area contributed by atoms with Crippen LogP contribution in [0.25, 0.3) is 10.9 Å². The van der Waals surface area contributed by atoms with E-state index in [1.165, 1.54) is 4.90 Å². The molecule has 1 fully saturated rings. The number of likely N-dealkylation sites (tertiary alicyclic amines) is 1. The summed E-state index contributed by atoms with van der Waals surface area (Å²) < 4.78 is 0. The van der Waals surface area contributed by atoms with Crippen LogP contribution in [0.3, 0.4) is 0 Å². The van der Waals surface area contributed by atoms with E-state index in [0.717, 1.165) is 35.2 Å². The first-order chi connectivity index (χ1) is 9.65. The third-order valence-electron chi connectivity index (χ3n) is 4.10. The van der Waals surface area contributed by atoms with Crippen LogP contribution in [-0.2, 0) is 4.79 Å². The number of benzene rings is 1. The molecular weight excluding hydrogens is 252 g/mol. The van der Waals surface area contributed by atoms with Gasteiger partial charge in [-0.25, -0.2) is 0 Å². The zero-order chi connectivity index (χ0) is 14.1. The molecule has 1 aliphatic heterocycles. The maximum absolute atomic E-state index is 12.6. The Morgan fingerprint density at radius 3 is 2.70 bits per heavy atom. The number of aromatic nitrogens is 1. The van der Waals surface area contributed by atoms with Crippen molar-refractivity contribution in [3.63, 3.8) is 0 Å². The summed E-state index contributed by atoms with van der Waals surface area (Å²) in [4.78, 5) is 28.3. The Bertz CT molecular complexity index is 662. The lowest BCUT2D eigenvalue weighted by Crippen LogP contribution is -3.14. The van der Waals surface area contributed by atoms with Gasteiger partial charge in [0.1, 0.15) is 12.3 Å². The van der Waals surface area contributed by atoms with Crippen LogP contribution in [0.15, 0.2) is 24.3 Å². The quantitative estimate of drug-likeness (QED) is 0.815. The van der Waals surface area contributed by atoms with Crippen molar-refractivity contribution in [2.45, 2.75) is 19.8 Å². The number of nitrogens with one attached hydrogen (secondary N) is 2. The minimum atomic E-state index is 0.171. The average molecular weight is 271 g/mol. The first kappa shape index (κ1) is 13.1. The van der Waals surface area contributed by atoms with Crippen LogP contribution >= 0.6 is 0 Å². The predicted octanol–water partition coefficient (Wildman–Crippen LogP) is 0.907. The second-order valence-corrected chi connectivity index (χ2v) is 5.56. The maximum Gasteiger partial charge on any atom is 0.219 e. The van der Waals surface area contributed by atoms with E-state index in [1.54, 1.807) is 0 Å². The van der Waals surface area contributed by atoms with Gasteiger partial charge in [0.25, 0.3) is 0 Å². The number of hydrogen-bond donors (Lipinski definition) is 2. The van der Waals surface area contributed by atoms with Gasteiger partial charge in [-0.1, -0.05) is 18.2 Å². The van der Waals surface area contributed by atoms with Crippen molar-refractivity contribution in [3.8, 4) is 0 Å². The van der Waals surface area contributed by atoms with Crippen molar-refractivity contribution in [2.24, 2.45) is 0 Å². The number of ketones is 2. The zero-order valence-corrected chi connectivity index (χ0v) is 11.7. The number of H-pyrrole nitrogens is 1. The van der Waals surface area contributed by atoms with Crippen LogP contribution in [0.4, 0.5) is 0 Å². The third-order valence-corrected chi connectivity index (χ3v) is 4.10. The topological polar surface area (TPSA) is 54.4 Å². The number of aryl methyl sites for hydroxylation is 1. The molecule has 0 bridgehead atoms. The van der Waals surface area contributed by atoms with Gasteiger partial charge in [-0.3, -0.25) is 9.59 Å². The summed E-state index contributed by atoms with van der Waals surface area (Å²) >= 11 is 0. The molecule has 2 aromatic rings. The zero-order valence-electron chi connectivity index (χ0n) is 11.7. The van der Waals surface area contributed by atoms with Crippen LogP contribution in [0.2, 0.25) is 0 Å². The molecular formula is C16H19N2O2+. The number of para-hydroxylation sites is 1. The fraction of sp³-hybridized carbons (Fsp3) is 0.375. The number of rotatable bonds is 3. The molecule has 0 amide bonds. The highest BCUT2D eigenvalue weighted by Crippen LogP contribution is 2.21. The Kier molecular flexibility index (Phi) is 3.40. The standard InChI is InChI=1S/C16H18N2O2/c1-11-16(13-4-2-3-5-14(13)17-11)15(20)10-18-8-6-12(19)7-9-18/h2-5,17H,6-10H2,1H3/p+1. The molecule has 0 spiro atoms. The number of carbonyl (C=O) groups excluding carboxylic acids is 2. The molecule has 104 valence electrons. The van der Waals surface area contributed by atoms with E-state index in [4.69, 9.17) is 0 Å². The minimum absolute atomic E-state index is 0.171. The Morgan fingerprint density at radius 1 is 1.25 bits per heavy atom. The third kappa shape index (κ3) is 2.39. The van der Waals surface area contributed by atoms with Gasteiger partial charge in [-0.15, -0.1) is 0 Å². The molecule has 1 aromatic heterocycles. The van der Waals surface area contributed by atoms with E-state index in [1.807, 2.05) is 31.2 Å². The first-order valence-corrected chi connectivity index (χ1v) is 7.11. The second kappa shape index (κ2) is 5.21. The van der Waals surface area contributed by atoms with E-state index in [-0.39, 0.29) is 5.78 Å². The van der Waals surface area contributed by atoms with Crippen LogP contribution in [0.5, 0.6) is 0 Å². The largest absolute Gasteiger partial charge is 0.358 e. The summed E-state index contributed by atoms with van der Waals surface area (Å²) in [5.41, 5.74) is 2.76. The lowest BCUT2D eigenvalue weighted by molar-refractivity contribution is -0.892. The molecule has 1 aliphatic rings. The molecule has 1 saturated heterocycles. The number of carbonyl (C=O) groups is 2. The van der Waals surface area contributed by atoms with E-state index >= 15 is 0 Å². The van der Waals surface area contributed by atoms with Crippen LogP contribution < -0.4 is 4.90 Å². The summed E-state index contributed by atoms with van der Waals surface area (Å²) in [5.74, 6) is 0.494. The molecule has 3 rings (SSSR count). The van der Waals surface area contributed by atoms with Gasteiger partial charge in [0.05, 0.1) is 31.5 Å². The molecule has 0 atom stereocenters. The highest BCUT2D eigenvalue weighted by atomic mass is 16.1. The Morgan fingerprint density at radius 2 is 1.95 bits per heavy atom. The summed E-state index contributed by atoms with van der Waals surface area (Å²) in [6.45, 7) is 4.00. The second-order valence-electron chi connectivity index (χ2n) is 5.56. The highest BCUT2D eigenvalue weighted by Gasteiger charge is 2.24. The van der Waals surface area contributed by atoms with E-state index in [0.29, 0.717) is 25.2 Å². The molecule has 0 radical (unpaired) electrons. The van der Waals surface area contributed by atoms with Gasteiger partial charge >= 0.3 is 0 Å². The van der Waals surface area contributed by atoms with Gasteiger partial charge in [0.15, 0.2) is 0 Å². The molecule has 1 aromatic carbocycles. The van der Waals surface area contributed by atoms with Crippen LogP contribution in [0.1, 0.15) is 28.9 Å². The Balaban J connectivity index is 1.82. The monoisotopic (exact) mass is 271 g/mol. The number of piperidine rings is 1. The number of quaternary nitrogens is 1. The summed E-state index contributed by atoms with van der Waals surface area (Å²) in [6, 6.07) is 7.90. The first-order valence-electron chi connectivity index (χ1n) is 7.11. The van der Waals surface area contributed by atoms with E-state index < -0.39 is 0 Å². The SMILES string of the molecule is Cc1[nH]c2ccccc2c1C(=O)C[NH+]1CCC(=O)CC1. The number of Topliss-reactive ketones (excluding diaryl/α,β-unsaturated/α-hetero) is 2. The van der Waals surface area contributed by atoms with Gasteiger partial charge in [0, 0.05) is 16.6 Å². The molecule has 20 heavy (non-hydrogen) atoms. The Hall–Kier alpha value is -1.94. The van der Waals surface area contributed by atoms with Crippen molar-refractivity contribution in [2.75, 3.05) is 19.6 Å². The van der Waals surface area contributed by atoms with Gasteiger partial charge < -0.3 is 9.88 Å². The molecule has 2 N–H and O–H groups in total. The molecule has 0 saturated carbocycles. The molecule has 4 heteroatoms. The van der Waals surface area contributed by atoms with Crippen molar-refractivity contribution in [3.05, 3.63) is 35.5 Å². The molecule has 2 heterocycles. The predicted molar refractivity (Wildman–Crippen MR) is 77.2 cm³/mol. The average Bonchev–Trinajstić information content (AvgIpc) is 2.77. The molecule has 0 unspecified atom stereocenters. The van der Waals surface area contributed by atoms with Crippen molar-refractivity contribution >= 4 is 22.5 Å². The number of aromatic amines is 1. The van der Waals surface area contributed by atoms with Crippen molar-refractivity contribution in [1.29, 1.82) is 0 Å². The Labute approximate surface area is 117 Å². The van der Waals surface area contributed by atoms with E-state index in [2.05, 4.69) is 4.98 Å². The smallest absolute Gasteiger partial charge is 0.219 e. The summed E-state index contributed by atoms with van der Waals surface area (Å²) in [6.07, 6.45) is 1.21. The van der Waals surface area contributed by atoms with Crippen LogP contribution in [-0.4, -0.2) is 36.2 Å². The fourth-order valence-electron chi connectivity index (χ4n) is 3.01. The maximum atomic E-state index is 12.6. The van der Waals surface area contributed by atoms with Crippen LogP contribution in [0, 0.1) is 6.92 Å². The molecule has 0 aliphatic carbocycles. The normalized spacial score (nSPS) is 16.8. The van der Waals surface area contributed by atoms with Crippen molar-refractivity contribution in [1.82, 2.24) is 4.98 Å². The lowest BCUT2D eigenvalue weighted by Gasteiger charge is -2.22. The fourth-order valence-corrected chi connectivity index (χ4v) is 3.01. The van der Waals surface area contributed by atoms with Gasteiger partial charge in [-0.05, 0) is 13.0 Å². The highest BCUT2D eigenvalue weighted by molar-refractivity contribution is 6.09. The number of hydrogen-bond acceptors (Lipinski definition) is 2. The lowest BCUT2D eigenvalue weighted by atomic mass is 10.0. The summed E-state index contributed by atoms with van der Waals surface area (Å²) in [7, 11) is 0. The van der Waals surface area contributed by atoms with Gasteiger partial charge in [-0.2, -0.15) is 0 Å². The molecule has 4 nitrogen and oxygen atoms in total. The van der Waals surface area contributed by atoms with Gasteiger partial charge in [0.2, 0.25) is 5.78 Å². The summed E-state index contributed by atoms with van der Waals surface area (Å²) in [5, 5.41) is 1.00. The minimum Gasteiger partial charge on any atom is -0.358 e. The number of fused-ring (bicyclic) bond motifs is 1.